The van der Waals surface area contributed by atoms with Gasteiger partial charge in [0.15, 0.2) is 10.4 Å². The minimum atomic E-state index is -2.93. The lowest BCUT2D eigenvalue weighted by molar-refractivity contribution is -0.0498. The zero-order valence-electron chi connectivity index (χ0n) is 10.7. The van der Waals surface area contributed by atoms with E-state index in [1.54, 1.807) is 12.1 Å². The van der Waals surface area contributed by atoms with E-state index in [9.17, 15) is 8.78 Å². The Morgan fingerprint density at radius 1 is 1.29 bits per heavy atom. The Hall–Kier alpha value is -0.790. The first-order chi connectivity index (χ1) is 9.86. The van der Waals surface area contributed by atoms with Gasteiger partial charge in [0.25, 0.3) is 0 Å². The number of ether oxygens (including phenoxy) is 1. The fourth-order valence-corrected chi connectivity index (χ4v) is 2.96. The minimum absolute atomic E-state index is 0.00753. The zero-order valence-corrected chi connectivity index (χ0v) is 14.6. The lowest BCUT2D eigenvalue weighted by atomic mass is 10.2. The van der Waals surface area contributed by atoms with E-state index in [2.05, 4.69) is 41.9 Å². The number of rotatable bonds is 5. The Morgan fingerprint density at radius 2 is 2.00 bits per heavy atom. The lowest BCUT2D eigenvalue weighted by Gasteiger charge is -2.18. The molecule has 1 aromatic carbocycles. The maximum absolute atomic E-state index is 12.5. The van der Waals surface area contributed by atoms with Crippen LogP contribution in [-0.4, -0.2) is 6.61 Å². The molecule has 0 saturated heterocycles. The van der Waals surface area contributed by atoms with Gasteiger partial charge >= 0.3 is 6.61 Å². The van der Waals surface area contributed by atoms with Crippen LogP contribution < -0.4 is 10.1 Å². The molecular formula is C13H10Br2ClF2NO2. The lowest BCUT2D eigenvalue weighted by Crippen LogP contribution is -2.10. The standard InChI is InChI=1S/C13H10Br2ClF2NO2/c1-6(10-2-3-11(15)20-10)19-9-5-7(16)4-8(14)12(9)21-13(17)18/h2-6,13,19H,1H3. The second-order valence-electron chi connectivity index (χ2n) is 4.15. The molecule has 2 aromatic rings. The Labute approximate surface area is 141 Å². The molecule has 8 heteroatoms. The van der Waals surface area contributed by atoms with Crippen molar-refractivity contribution in [1.82, 2.24) is 0 Å². The van der Waals surface area contributed by atoms with Crippen molar-refractivity contribution in [1.29, 1.82) is 0 Å². The summed E-state index contributed by atoms with van der Waals surface area (Å²) in [5, 5.41) is 3.43. The second kappa shape index (κ2) is 6.98. The highest BCUT2D eigenvalue weighted by Gasteiger charge is 2.18. The topological polar surface area (TPSA) is 34.4 Å². The van der Waals surface area contributed by atoms with Crippen molar-refractivity contribution < 1.29 is 17.9 Å². The van der Waals surface area contributed by atoms with Crippen molar-refractivity contribution in [2.24, 2.45) is 0 Å². The molecule has 1 N–H and O–H groups in total. The summed E-state index contributed by atoms with van der Waals surface area (Å²) < 4.78 is 35.9. The van der Waals surface area contributed by atoms with Crippen molar-refractivity contribution in [3.05, 3.63) is 44.2 Å². The quantitative estimate of drug-likeness (QED) is 0.592. The predicted octanol–water partition coefficient (Wildman–Crippen LogP) is 6.23. The van der Waals surface area contributed by atoms with Gasteiger partial charge in [-0.3, -0.25) is 0 Å². The minimum Gasteiger partial charge on any atom is -0.452 e. The average Bonchev–Trinajstić information content (AvgIpc) is 2.80. The maximum atomic E-state index is 12.5. The van der Waals surface area contributed by atoms with Gasteiger partial charge < -0.3 is 14.5 Å². The van der Waals surface area contributed by atoms with E-state index in [1.165, 1.54) is 12.1 Å². The van der Waals surface area contributed by atoms with Crippen molar-refractivity contribution >= 4 is 49.1 Å². The molecule has 1 atom stereocenters. The molecule has 1 heterocycles. The van der Waals surface area contributed by atoms with Crippen molar-refractivity contribution in [2.45, 2.75) is 19.6 Å². The molecule has 0 radical (unpaired) electrons. The summed E-state index contributed by atoms with van der Waals surface area (Å²) in [4.78, 5) is 0. The molecule has 114 valence electrons. The summed E-state index contributed by atoms with van der Waals surface area (Å²) in [6.45, 7) is -1.11. The van der Waals surface area contributed by atoms with Gasteiger partial charge in [0.05, 0.1) is 16.2 Å². The molecule has 0 bridgehead atoms. The smallest absolute Gasteiger partial charge is 0.387 e. The monoisotopic (exact) mass is 443 g/mol. The van der Waals surface area contributed by atoms with Crippen LogP contribution in [0, 0.1) is 0 Å². The molecule has 3 nitrogen and oxygen atoms in total. The fourth-order valence-electron chi connectivity index (χ4n) is 1.74. The van der Waals surface area contributed by atoms with Gasteiger partial charge in [-0.2, -0.15) is 8.78 Å². The zero-order chi connectivity index (χ0) is 15.6. The first kappa shape index (κ1) is 16.6. The molecule has 0 fully saturated rings. The fraction of sp³-hybridized carbons (Fsp3) is 0.231. The van der Waals surface area contributed by atoms with Crippen LogP contribution in [-0.2, 0) is 0 Å². The van der Waals surface area contributed by atoms with Crippen LogP contribution in [0.1, 0.15) is 18.7 Å². The van der Waals surface area contributed by atoms with Crippen LogP contribution in [0.2, 0.25) is 5.02 Å². The number of furan rings is 1. The van der Waals surface area contributed by atoms with Gasteiger partial charge in [-0.15, -0.1) is 0 Å². The highest BCUT2D eigenvalue weighted by molar-refractivity contribution is 9.10. The van der Waals surface area contributed by atoms with Gasteiger partial charge in [-0.25, -0.2) is 0 Å². The number of benzene rings is 1. The molecule has 21 heavy (non-hydrogen) atoms. The normalized spacial score (nSPS) is 12.5. The number of anilines is 1. The third kappa shape index (κ3) is 4.34. The summed E-state index contributed by atoms with van der Waals surface area (Å²) >= 11 is 12.3. The van der Waals surface area contributed by atoms with Crippen LogP contribution in [0.3, 0.4) is 0 Å². The van der Waals surface area contributed by atoms with Crippen LogP contribution in [0.4, 0.5) is 14.5 Å². The van der Waals surface area contributed by atoms with Crippen LogP contribution >= 0.6 is 43.5 Å². The first-order valence-corrected chi connectivity index (χ1v) is 7.79. The van der Waals surface area contributed by atoms with E-state index < -0.39 is 6.61 Å². The van der Waals surface area contributed by atoms with Gasteiger partial charge in [-0.05, 0) is 63.0 Å². The molecular weight excluding hydrogens is 435 g/mol. The number of alkyl halides is 2. The third-order valence-corrected chi connectivity index (χ3v) is 3.84. The van der Waals surface area contributed by atoms with Gasteiger partial charge in [0, 0.05) is 5.02 Å². The molecule has 0 aliphatic carbocycles. The Kier molecular flexibility index (Phi) is 5.51. The second-order valence-corrected chi connectivity index (χ2v) is 6.22. The predicted molar refractivity (Wildman–Crippen MR) is 84.2 cm³/mol. The van der Waals surface area contributed by atoms with Crippen LogP contribution in [0.15, 0.2) is 37.8 Å². The molecule has 0 spiro atoms. The van der Waals surface area contributed by atoms with Crippen molar-refractivity contribution in [3.8, 4) is 5.75 Å². The summed E-state index contributed by atoms with van der Waals surface area (Å²) in [6, 6.07) is 6.26. The SMILES string of the molecule is CC(Nc1cc(Cl)cc(Br)c1OC(F)F)c1ccc(Br)o1. The summed E-state index contributed by atoms with van der Waals surface area (Å²) in [6.07, 6.45) is 0. The number of nitrogens with one attached hydrogen (secondary N) is 1. The average molecular weight is 445 g/mol. The van der Waals surface area contributed by atoms with E-state index in [0.717, 1.165) is 0 Å². The van der Waals surface area contributed by atoms with E-state index in [-0.39, 0.29) is 11.8 Å². The largest absolute Gasteiger partial charge is 0.452 e. The first-order valence-electron chi connectivity index (χ1n) is 5.82. The van der Waals surface area contributed by atoms with Gasteiger partial charge in [0.2, 0.25) is 0 Å². The maximum Gasteiger partial charge on any atom is 0.387 e. The number of halogens is 5. The molecule has 0 amide bonds. The molecule has 0 aliphatic rings. The van der Waals surface area contributed by atoms with Gasteiger partial charge in [-0.1, -0.05) is 11.6 Å². The van der Waals surface area contributed by atoms with Crippen LogP contribution in [0.25, 0.3) is 0 Å². The summed E-state index contributed by atoms with van der Waals surface area (Å²) in [5.74, 6) is 0.632. The molecule has 0 aliphatic heterocycles. The van der Waals surface area contributed by atoms with E-state index in [0.29, 0.717) is 25.6 Å². The van der Waals surface area contributed by atoms with Crippen molar-refractivity contribution in [3.63, 3.8) is 0 Å². The van der Waals surface area contributed by atoms with E-state index in [1.807, 2.05) is 6.92 Å². The number of hydrogen-bond acceptors (Lipinski definition) is 3. The van der Waals surface area contributed by atoms with Crippen LogP contribution in [0.5, 0.6) is 5.75 Å². The number of hydrogen-bond donors (Lipinski definition) is 1. The molecule has 0 saturated carbocycles. The van der Waals surface area contributed by atoms with E-state index >= 15 is 0 Å². The molecule has 1 unspecified atom stereocenters. The summed E-state index contributed by atoms with van der Waals surface area (Å²) in [7, 11) is 0. The van der Waals surface area contributed by atoms with E-state index in [4.69, 9.17) is 16.0 Å². The Bertz CT molecular complexity index is 637. The Morgan fingerprint density at radius 3 is 2.57 bits per heavy atom. The van der Waals surface area contributed by atoms with Gasteiger partial charge in [0.1, 0.15) is 5.76 Å². The van der Waals surface area contributed by atoms with Crippen molar-refractivity contribution in [2.75, 3.05) is 5.32 Å². The third-order valence-electron chi connectivity index (χ3n) is 2.61. The highest BCUT2D eigenvalue weighted by atomic mass is 79.9. The highest BCUT2D eigenvalue weighted by Crippen LogP contribution is 2.39. The summed E-state index contributed by atoms with van der Waals surface area (Å²) in [5.41, 5.74) is 0.342. The molecule has 2 rings (SSSR count). The Balaban J connectivity index is 2.29. The molecule has 1 aromatic heterocycles.